The minimum absolute atomic E-state index is 0.0874. The second kappa shape index (κ2) is 11.7. The molecule has 1 amide bonds. The van der Waals surface area contributed by atoms with Gasteiger partial charge in [-0.05, 0) is 80.4 Å². The smallest absolute Gasteiger partial charge is 0.338 e. The Morgan fingerprint density at radius 2 is 1.76 bits per heavy atom. The Labute approximate surface area is 226 Å². The van der Waals surface area contributed by atoms with Gasteiger partial charge in [0.15, 0.2) is 0 Å². The molecule has 38 heavy (non-hydrogen) atoms. The minimum atomic E-state index is -4.13. The van der Waals surface area contributed by atoms with Crippen LogP contribution in [0.1, 0.15) is 40.5 Å². The van der Waals surface area contributed by atoms with Gasteiger partial charge in [0.05, 0.1) is 31.6 Å². The second-order valence-corrected chi connectivity index (χ2v) is 10.6. The second-order valence-electron chi connectivity index (χ2n) is 8.36. The molecule has 0 fully saturated rings. The molecule has 0 spiro atoms. The van der Waals surface area contributed by atoms with E-state index < -0.39 is 21.9 Å². The molecule has 1 N–H and O–H groups in total. The Morgan fingerprint density at radius 3 is 2.47 bits per heavy atom. The number of amides is 1. The van der Waals surface area contributed by atoms with Crippen molar-refractivity contribution in [1.29, 1.82) is 0 Å². The largest absolute Gasteiger partial charge is 0.495 e. The number of anilines is 2. The fourth-order valence-electron chi connectivity index (χ4n) is 3.96. The van der Waals surface area contributed by atoms with Gasteiger partial charge in [-0.25, -0.2) is 13.2 Å². The third kappa shape index (κ3) is 5.87. The minimum Gasteiger partial charge on any atom is -0.495 e. The van der Waals surface area contributed by atoms with E-state index in [4.69, 9.17) is 25.8 Å². The summed E-state index contributed by atoms with van der Waals surface area (Å²) in [7, 11) is -2.75. The molecule has 0 bridgehead atoms. The van der Waals surface area contributed by atoms with E-state index in [2.05, 4.69) is 5.32 Å². The number of carbonyl (C=O) groups is 2. The lowest BCUT2D eigenvalue weighted by Crippen LogP contribution is -2.34. The highest BCUT2D eigenvalue weighted by molar-refractivity contribution is 7.93. The van der Waals surface area contributed by atoms with Crippen LogP contribution in [0.3, 0.4) is 0 Å². The fraction of sp³-hybridized carbons (Fsp3) is 0.259. The number of hydrogen-bond donors (Lipinski definition) is 1. The number of fused-ring (bicyclic) bond motifs is 1. The van der Waals surface area contributed by atoms with Gasteiger partial charge in [-0.15, -0.1) is 0 Å². The van der Waals surface area contributed by atoms with Crippen LogP contribution in [0.2, 0.25) is 5.02 Å². The van der Waals surface area contributed by atoms with Gasteiger partial charge >= 0.3 is 5.97 Å². The van der Waals surface area contributed by atoms with Crippen LogP contribution in [-0.2, 0) is 14.8 Å². The van der Waals surface area contributed by atoms with Crippen molar-refractivity contribution in [2.45, 2.75) is 24.7 Å². The van der Waals surface area contributed by atoms with E-state index in [-0.39, 0.29) is 40.1 Å². The third-order valence-corrected chi connectivity index (χ3v) is 7.92. The topological polar surface area (TPSA) is 111 Å². The molecular weight excluding hydrogens is 532 g/mol. The van der Waals surface area contributed by atoms with E-state index in [0.29, 0.717) is 36.4 Å². The predicted molar refractivity (Wildman–Crippen MR) is 144 cm³/mol. The zero-order valence-corrected chi connectivity index (χ0v) is 22.5. The average Bonchev–Trinajstić information content (AvgIpc) is 2.89. The fourth-order valence-corrected chi connectivity index (χ4v) is 5.89. The molecule has 0 saturated carbocycles. The number of carbonyl (C=O) groups excluding carboxylic acids is 2. The molecule has 0 radical (unpaired) electrons. The normalized spacial score (nSPS) is 13.4. The lowest BCUT2D eigenvalue weighted by Gasteiger charge is -2.29. The first-order valence-electron chi connectivity index (χ1n) is 12.0. The maximum absolute atomic E-state index is 13.8. The Balaban J connectivity index is 1.67. The Hall–Kier alpha value is -3.76. The number of benzene rings is 3. The van der Waals surface area contributed by atoms with E-state index in [1.54, 1.807) is 49.4 Å². The monoisotopic (exact) mass is 558 g/mol. The van der Waals surface area contributed by atoms with E-state index in [1.807, 2.05) is 0 Å². The lowest BCUT2D eigenvalue weighted by atomic mass is 10.1. The summed E-state index contributed by atoms with van der Waals surface area (Å²) < 4.78 is 45.0. The summed E-state index contributed by atoms with van der Waals surface area (Å²) in [4.78, 5) is 24.9. The molecule has 0 aliphatic carbocycles. The molecule has 3 aromatic rings. The number of sulfonamides is 1. The first kappa shape index (κ1) is 27.3. The number of nitrogens with one attached hydrogen (secondary N) is 1. The number of esters is 1. The molecule has 200 valence electrons. The first-order valence-corrected chi connectivity index (χ1v) is 13.8. The van der Waals surface area contributed by atoms with Crippen LogP contribution in [0, 0.1) is 0 Å². The zero-order valence-electron chi connectivity index (χ0n) is 20.9. The summed E-state index contributed by atoms with van der Waals surface area (Å²) in [5.74, 6) is -0.426. The van der Waals surface area contributed by atoms with E-state index in [0.717, 1.165) is 0 Å². The number of rotatable bonds is 7. The Bertz CT molecular complexity index is 1440. The van der Waals surface area contributed by atoms with Crippen molar-refractivity contribution in [1.82, 2.24) is 0 Å². The summed E-state index contributed by atoms with van der Waals surface area (Å²) in [5.41, 5.74) is 1.28. The van der Waals surface area contributed by atoms with Crippen LogP contribution in [0.15, 0.2) is 65.6 Å². The number of ether oxygens (including phenoxy) is 3. The summed E-state index contributed by atoms with van der Waals surface area (Å²) in [5, 5.41) is 3.01. The average molecular weight is 559 g/mol. The van der Waals surface area contributed by atoms with Gasteiger partial charge in [0.25, 0.3) is 15.9 Å². The SMILES string of the molecule is CCOC(=O)c1ccc(NC(=O)c2ccc3c(c2)N(S(=O)(=O)c2cc(Cl)ccc2OC)CCCCO3)cc1. The molecule has 11 heteroatoms. The van der Waals surface area contributed by atoms with Gasteiger partial charge in [-0.1, -0.05) is 11.6 Å². The Morgan fingerprint density at radius 1 is 1.03 bits per heavy atom. The molecule has 0 saturated heterocycles. The van der Waals surface area contributed by atoms with Crippen LogP contribution < -0.4 is 19.1 Å². The van der Waals surface area contributed by atoms with E-state index in [9.17, 15) is 18.0 Å². The zero-order chi connectivity index (χ0) is 27.3. The van der Waals surface area contributed by atoms with Gasteiger partial charge in [-0.3, -0.25) is 9.10 Å². The Kier molecular flexibility index (Phi) is 8.43. The highest BCUT2D eigenvalue weighted by Crippen LogP contribution is 2.38. The number of halogens is 1. The molecule has 1 aliphatic heterocycles. The van der Waals surface area contributed by atoms with Crippen molar-refractivity contribution in [3.8, 4) is 11.5 Å². The quantitative estimate of drug-likeness (QED) is 0.399. The lowest BCUT2D eigenvalue weighted by molar-refractivity contribution is 0.0526. The molecule has 4 rings (SSSR count). The maximum Gasteiger partial charge on any atom is 0.338 e. The molecule has 3 aromatic carbocycles. The van der Waals surface area contributed by atoms with Crippen LogP contribution >= 0.6 is 11.6 Å². The number of hydrogen-bond acceptors (Lipinski definition) is 7. The number of methoxy groups -OCH3 is 1. The predicted octanol–water partition coefficient (Wildman–Crippen LogP) is 5.15. The van der Waals surface area contributed by atoms with Crippen molar-refractivity contribution in [2.75, 3.05) is 36.5 Å². The van der Waals surface area contributed by atoms with Crippen molar-refractivity contribution < 1.29 is 32.2 Å². The summed E-state index contributed by atoms with van der Waals surface area (Å²) >= 11 is 6.12. The highest BCUT2D eigenvalue weighted by Gasteiger charge is 2.31. The van der Waals surface area contributed by atoms with Gasteiger partial charge in [0.1, 0.15) is 16.4 Å². The maximum atomic E-state index is 13.8. The van der Waals surface area contributed by atoms with Gasteiger partial charge < -0.3 is 19.5 Å². The standard InChI is InChI=1S/C27H27ClN2O7S/c1-3-36-27(32)18-6-10-21(11-7-18)29-26(31)19-8-12-23-22(16-19)30(14-4-5-15-37-23)38(33,34)25-17-20(28)9-13-24(25)35-2/h6-13,16-17H,3-5,14-15H2,1-2H3,(H,29,31). The van der Waals surface area contributed by atoms with E-state index >= 15 is 0 Å². The first-order chi connectivity index (χ1) is 18.2. The van der Waals surface area contributed by atoms with Crippen molar-refractivity contribution in [2.24, 2.45) is 0 Å². The molecule has 0 atom stereocenters. The third-order valence-electron chi connectivity index (χ3n) is 5.85. The number of nitrogens with zero attached hydrogens (tertiary/aromatic N) is 1. The molecule has 9 nitrogen and oxygen atoms in total. The molecule has 0 unspecified atom stereocenters. The van der Waals surface area contributed by atoms with Crippen molar-refractivity contribution in [3.05, 3.63) is 76.8 Å². The van der Waals surface area contributed by atoms with Crippen molar-refractivity contribution in [3.63, 3.8) is 0 Å². The van der Waals surface area contributed by atoms with Crippen LogP contribution in [0.5, 0.6) is 11.5 Å². The molecule has 0 aromatic heterocycles. The van der Waals surface area contributed by atoms with Gasteiger partial charge in [0.2, 0.25) is 0 Å². The van der Waals surface area contributed by atoms with E-state index in [1.165, 1.54) is 29.6 Å². The summed E-state index contributed by atoms with van der Waals surface area (Å²) in [6, 6.07) is 15.3. The highest BCUT2D eigenvalue weighted by atomic mass is 35.5. The van der Waals surface area contributed by atoms with Crippen LogP contribution in [-0.4, -0.2) is 47.2 Å². The van der Waals surface area contributed by atoms with Crippen LogP contribution in [0.4, 0.5) is 11.4 Å². The molecular formula is C27H27ClN2O7S. The molecule has 1 aliphatic rings. The summed E-state index contributed by atoms with van der Waals surface area (Å²) in [6.45, 7) is 2.57. The van der Waals surface area contributed by atoms with Gasteiger partial charge in [0, 0.05) is 22.8 Å². The summed E-state index contributed by atoms with van der Waals surface area (Å²) in [6.07, 6.45) is 1.20. The van der Waals surface area contributed by atoms with Crippen LogP contribution in [0.25, 0.3) is 0 Å². The van der Waals surface area contributed by atoms with Crippen molar-refractivity contribution >= 4 is 44.9 Å². The molecule has 1 heterocycles. The van der Waals surface area contributed by atoms with Gasteiger partial charge in [-0.2, -0.15) is 0 Å².